The lowest BCUT2D eigenvalue weighted by molar-refractivity contribution is -0.122. The van der Waals surface area contributed by atoms with Crippen LogP contribution in [0.25, 0.3) is 11.4 Å². The maximum Gasteiger partial charge on any atom is 0.246 e. The Balaban J connectivity index is 1.73. The molecule has 1 amide bonds. The van der Waals surface area contributed by atoms with Crippen molar-refractivity contribution in [2.24, 2.45) is 0 Å². The highest BCUT2D eigenvalue weighted by Gasteiger charge is 2.29. The molecule has 164 valence electrons. The number of ether oxygens (including phenoxy) is 1. The molecule has 0 aliphatic carbocycles. The highest BCUT2D eigenvalue weighted by atomic mass is 32.2. The highest BCUT2D eigenvalue weighted by Crippen LogP contribution is 2.25. The Morgan fingerprint density at radius 3 is 2.65 bits per heavy atom. The van der Waals surface area contributed by atoms with E-state index in [9.17, 15) is 13.2 Å². The second kappa shape index (κ2) is 9.17. The molecule has 1 atom stereocenters. The highest BCUT2D eigenvalue weighted by molar-refractivity contribution is 7.92. The first kappa shape index (κ1) is 22.3. The van der Waals surface area contributed by atoms with Crippen LogP contribution >= 0.6 is 0 Å². The lowest BCUT2D eigenvalue weighted by Crippen LogP contribution is -2.47. The van der Waals surface area contributed by atoms with Crippen LogP contribution in [0.15, 0.2) is 53.1 Å². The van der Waals surface area contributed by atoms with Crippen LogP contribution in [0.2, 0.25) is 0 Å². The quantitative estimate of drug-likeness (QED) is 0.568. The molecule has 0 spiro atoms. The van der Waals surface area contributed by atoms with Crippen molar-refractivity contribution in [3.8, 4) is 17.1 Å². The van der Waals surface area contributed by atoms with Crippen LogP contribution in [-0.2, 0) is 21.4 Å². The second-order valence-corrected chi connectivity index (χ2v) is 8.89. The van der Waals surface area contributed by atoms with Gasteiger partial charge in [-0.3, -0.25) is 9.10 Å². The Hall–Kier alpha value is -3.40. The van der Waals surface area contributed by atoms with Gasteiger partial charge in [-0.2, -0.15) is 4.98 Å². The van der Waals surface area contributed by atoms with Crippen molar-refractivity contribution in [3.63, 3.8) is 0 Å². The van der Waals surface area contributed by atoms with E-state index in [1.54, 1.807) is 24.3 Å². The summed E-state index contributed by atoms with van der Waals surface area (Å²) < 4.78 is 36.2. The van der Waals surface area contributed by atoms with Crippen LogP contribution in [0, 0.1) is 6.92 Å². The molecule has 0 bridgehead atoms. The zero-order valence-electron chi connectivity index (χ0n) is 17.7. The van der Waals surface area contributed by atoms with Gasteiger partial charge in [0, 0.05) is 11.6 Å². The monoisotopic (exact) mass is 444 g/mol. The van der Waals surface area contributed by atoms with Gasteiger partial charge in [0.15, 0.2) is 0 Å². The van der Waals surface area contributed by atoms with E-state index in [2.05, 4.69) is 15.5 Å². The van der Waals surface area contributed by atoms with Crippen LogP contribution in [-0.4, -0.2) is 43.9 Å². The number of hydrogen-bond acceptors (Lipinski definition) is 7. The number of benzene rings is 2. The van der Waals surface area contributed by atoms with E-state index in [1.807, 2.05) is 31.2 Å². The molecule has 2 aromatic carbocycles. The van der Waals surface area contributed by atoms with E-state index < -0.39 is 22.0 Å². The van der Waals surface area contributed by atoms with Crippen LogP contribution in [0.1, 0.15) is 18.4 Å². The first-order valence-corrected chi connectivity index (χ1v) is 11.3. The fourth-order valence-corrected chi connectivity index (χ4v) is 4.26. The maximum atomic E-state index is 12.7. The van der Waals surface area contributed by atoms with E-state index in [1.165, 1.54) is 14.0 Å². The summed E-state index contributed by atoms with van der Waals surface area (Å²) in [6.07, 6.45) is 1.04. The third-order valence-corrected chi connectivity index (χ3v) is 5.80. The van der Waals surface area contributed by atoms with Crippen molar-refractivity contribution in [2.45, 2.75) is 26.4 Å². The Kier molecular flexibility index (Phi) is 6.59. The molecule has 0 fully saturated rings. The van der Waals surface area contributed by atoms with Gasteiger partial charge in [0.25, 0.3) is 0 Å². The summed E-state index contributed by atoms with van der Waals surface area (Å²) in [5.41, 5.74) is 2.18. The molecule has 10 heteroatoms. The number of aromatic nitrogens is 2. The van der Waals surface area contributed by atoms with Crippen molar-refractivity contribution in [1.29, 1.82) is 0 Å². The molecule has 0 saturated heterocycles. The van der Waals surface area contributed by atoms with Crippen molar-refractivity contribution < 1.29 is 22.5 Å². The number of anilines is 1. The molecule has 9 nitrogen and oxygen atoms in total. The molecule has 3 aromatic rings. The first-order valence-electron chi connectivity index (χ1n) is 9.50. The van der Waals surface area contributed by atoms with Gasteiger partial charge in [-0.05, 0) is 32.0 Å². The summed E-state index contributed by atoms with van der Waals surface area (Å²) in [7, 11) is -2.26. The lowest BCUT2D eigenvalue weighted by atomic mass is 10.1. The lowest BCUT2D eigenvalue weighted by Gasteiger charge is -2.28. The van der Waals surface area contributed by atoms with Crippen molar-refractivity contribution >= 4 is 21.6 Å². The molecule has 1 N–H and O–H groups in total. The van der Waals surface area contributed by atoms with Gasteiger partial charge >= 0.3 is 0 Å². The number of rotatable bonds is 8. The van der Waals surface area contributed by atoms with Gasteiger partial charge in [-0.15, -0.1) is 0 Å². The summed E-state index contributed by atoms with van der Waals surface area (Å²) in [4.78, 5) is 17.0. The van der Waals surface area contributed by atoms with Crippen molar-refractivity contribution in [1.82, 2.24) is 15.5 Å². The largest absolute Gasteiger partial charge is 0.497 e. The fraction of sp³-hybridized carbons (Fsp3) is 0.286. The predicted octanol–water partition coefficient (Wildman–Crippen LogP) is 2.52. The van der Waals surface area contributed by atoms with E-state index in [-0.39, 0.29) is 12.4 Å². The number of nitrogens with zero attached hydrogens (tertiary/aromatic N) is 3. The Morgan fingerprint density at radius 1 is 1.23 bits per heavy atom. The molecular formula is C21H24N4O5S. The zero-order valence-corrected chi connectivity index (χ0v) is 18.5. The first-order chi connectivity index (χ1) is 14.7. The molecule has 0 aliphatic heterocycles. The van der Waals surface area contributed by atoms with E-state index in [0.717, 1.165) is 21.7 Å². The summed E-state index contributed by atoms with van der Waals surface area (Å²) >= 11 is 0. The second-order valence-electron chi connectivity index (χ2n) is 7.04. The minimum Gasteiger partial charge on any atom is -0.497 e. The van der Waals surface area contributed by atoms with Crippen LogP contribution in [0.4, 0.5) is 5.69 Å². The smallest absolute Gasteiger partial charge is 0.246 e. The van der Waals surface area contributed by atoms with Gasteiger partial charge in [-0.25, -0.2) is 8.42 Å². The summed E-state index contributed by atoms with van der Waals surface area (Å²) in [5.74, 6) is 0.594. The van der Waals surface area contributed by atoms with Crippen LogP contribution < -0.4 is 14.4 Å². The van der Waals surface area contributed by atoms with Crippen molar-refractivity contribution in [3.05, 3.63) is 60.0 Å². The number of carbonyl (C=O) groups excluding carboxylic acids is 1. The third kappa shape index (κ3) is 5.40. The maximum absolute atomic E-state index is 12.7. The summed E-state index contributed by atoms with van der Waals surface area (Å²) in [6, 6.07) is 13.1. The van der Waals surface area contributed by atoms with E-state index >= 15 is 0 Å². The Labute approximate surface area is 181 Å². The number of methoxy groups -OCH3 is 1. The number of amides is 1. The molecule has 0 radical (unpaired) electrons. The van der Waals surface area contributed by atoms with Gasteiger partial charge < -0.3 is 14.6 Å². The molecule has 0 aliphatic rings. The number of carbonyl (C=O) groups is 1. The predicted molar refractivity (Wildman–Crippen MR) is 116 cm³/mol. The average molecular weight is 445 g/mol. The van der Waals surface area contributed by atoms with Gasteiger partial charge in [0.05, 0.1) is 25.6 Å². The molecule has 3 rings (SSSR count). The molecule has 0 saturated carbocycles. The standard InChI is InChI=1S/C21H24N4O5S/c1-14-7-5-8-16(11-14)20-23-19(30-24-20)13-22-21(26)15(2)25(31(4,27)28)17-9-6-10-18(12-17)29-3/h5-12,15H,13H2,1-4H3,(H,22,26)/t15-/m1/s1. The van der Waals surface area contributed by atoms with Gasteiger partial charge in [-0.1, -0.05) is 35.0 Å². The Bertz CT molecular complexity index is 1180. The normalized spacial score (nSPS) is 12.3. The number of aryl methyl sites for hydroxylation is 1. The minimum absolute atomic E-state index is 0.0301. The molecule has 1 aromatic heterocycles. The van der Waals surface area contributed by atoms with Gasteiger partial charge in [0.1, 0.15) is 11.8 Å². The average Bonchev–Trinajstić information content (AvgIpc) is 3.20. The molecule has 0 unspecified atom stereocenters. The molecular weight excluding hydrogens is 420 g/mol. The van der Waals surface area contributed by atoms with Gasteiger partial charge in [0.2, 0.25) is 27.6 Å². The number of hydrogen-bond donors (Lipinski definition) is 1. The molecule has 31 heavy (non-hydrogen) atoms. The van der Waals surface area contributed by atoms with E-state index in [0.29, 0.717) is 17.3 Å². The topological polar surface area (TPSA) is 115 Å². The third-order valence-electron chi connectivity index (χ3n) is 4.55. The number of sulfonamides is 1. The molecule has 1 heterocycles. The Morgan fingerprint density at radius 2 is 1.97 bits per heavy atom. The van der Waals surface area contributed by atoms with Crippen LogP contribution in [0.5, 0.6) is 5.75 Å². The zero-order chi connectivity index (χ0) is 22.6. The summed E-state index contributed by atoms with van der Waals surface area (Å²) in [6.45, 7) is 3.43. The SMILES string of the molecule is COc1cccc(N([C@H](C)C(=O)NCc2nc(-c3cccc(C)c3)no2)S(C)(=O)=O)c1. The number of nitrogens with one attached hydrogen (secondary N) is 1. The van der Waals surface area contributed by atoms with Crippen LogP contribution in [0.3, 0.4) is 0 Å². The van der Waals surface area contributed by atoms with Crippen molar-refractivity contribution in [2.75, 3.05) is 17.7 Å². The van der Waals surface area contributed by atoms with E-state index in [4.69, 9.17) is 9.26 Å². The summed E-state index contributed by atoms with van der Waals surface area (Å²) in [5, 5.41) is 6.59. The minimum atomic E-state index is -3.74. The fourth-order valence-electron chi connectivity index (χ4n) is 3.09.